The standard InChI is InChI=1S/C19H21NO5/c21-15(14-3-5-16-19(9-14)23-7-1-6-22-16)11-20-10-13-2-4-17-18(8-13)25-12-24-17/h2-5,8-9,15,20-21H,1,6-7,10-12H2/t15-/m1/s1. The molecule has 2 aromatic rings. The van der Waals surface area contributed by atoms with E-state index >= 15 is 0 Å². The molecular weight excluding hydrogens is 322 g/mol. The van der Waals surface area contributed by atoms with Crippen LogP contribution in [0.25, 0.3) is 0 Å². The van der Waals surface area contributed by atoms with Crippen LogP contribution >= 0.6 is 0 Å². The summed E-state index contributed by atoms with van der Waals surface area (Å²) in [5, 5.41) is 13.7. The number of ether oxygens (including phenoxy) is 4. The number of nitrogens with one attached hydrogen (secondary N) is 1. The van der Waals surface area contributed by atoms with Gasteiger partial charge in [-0.15, -0.1) is 0 Å². The van der Waals surface area contributed by atoms with Crippen LogP contribution in [0.1, 0.15) is 23.7 Å². The van der Waals surface area contributed by atoms with Gasteiger partial charge in [0.05, 0.1) is 19.3 Å². The van der Waals surface area contributed by atoms with Gasteiger partial charge in [0.1, 0.15) is 0 Å². The molecular formula is C19H21NO5. The van der Waals surface area contributed by atoms with Crippen LogP contribution in [-0.2, 0) is 6.54 Å². The lowest BCUT2D eigenvalue weighted by Gasteiger charge is -2.15. The zero-order valence-electron chi connectivity index (χ0n) is 13.9. The van der Waals surface area contributed by atoms with Gasteiger partial charge in [-0.25, -0.2) is 0 Å². The number of aliphatic hydroxyl groups excluding tert-OH is 1. The normalized spacial score (nSPS) is 16.4. The molecule has 0 unspecified atom stereocenters. The molecule has 0 aliphatic carbocycles. The molecule has 4 rings (SSSR count). The van der Waals surface area contributed by atoms with Gasteiger partial charge in [0, 0.05) is 19.5 Å². The van der Waals surface area contributed by atoms with Crippen molar-refractivity contribution >= 4 is 0 Å². The topological polar surface area (TPSA) is 69.2 Å². The van der Waals surface area contributed by atoms with Gasteiger partial charge in [0.25, 0.3) is 0 Å². The summed E-state index contributed by atoms with van der Waals surface area (Å²) in [6.45, 7) is 2.64. The zero-order chi connectivity index (χ0) is 17.1. The first-order valence-corrected chi connectivity index (χ1v) is 8.46. The maximum absolute atomic E-state index is 10.4. The molecule has 0 radical (unpaired) electrons. The van der Waals surface area contributed by atoms with E-state index in [0.29, 0.717) is 32.1 Å². The fourth-order valence-corrected chi connectivity index (χ4v) is 2.91. The average molecular weight is 343 g/mol. The third kappa shape index (κ3) is 3.65. The van der Waals surface area contributed by atoms with E-state index in [9.17, 15) is 5.11 Å². The van der Waals surface area contributed by atoms with E-state index in [-0.39, 0.29) is 6.79 Å². The first-order valence-electron chi connectivity index (χ1n) is 8.46. The Labute approximate surface area is 146 Å². The Kier molecular flexibility index (Phi) is 4.63. The van der Waals surface area contributed by atoms with Crippen molar-refractivity contribution in [1.29, 1.82) is 0 Å². The van der Waals surface area contributed by atoms with Crippen LogP contribution in [0, 0.1) is 0 Å². The first kappa shape index (κ1) is 16.1. The summed E-state index contributed by atoms with van der Waals surface area (Å²) in [7, 11) is 0. The SMILES string of the molecule is O[C@H](CNCc1ccc2c(c1)OCO2)c1ccc2c(c1)OCCCO2. The monoisotopic (exact) mass is 343 g/mol. The molecule has 0 fully saturated rings. The molecule has 1 atom stereocenters. The Bertz CT molecular complexity index is 749. The van der Waals surface area contributed by atoms with Crippen molar-refractivity contribution in [2.75, 3.05) is 26.6 Å². The Morgan fingerprint density at radius 1 is 0.880 bits per heavy atom. The molecule has 6 heteroatoms. The quantitative estimate of drug-likeness (QED) is 0.869. The van der Waals surface area contributed by atoms with E-state index in [1.807, 2.05) is 36.4 Å². The third-order valence-corrected chi connectivity index (χ3v) is 4.26. The van der Waals surface area contributed by atoms with Gasteiger partial charge in [-0.1, -0.05) is 12.1 Å². The molecule has 0 amide bonds. The van der Waals surface area contributed by atoms with E-state index in [1.165, 1.54) is 0 Å². The van der Waals surface area contributed by atoms with Gasteiger partial charge in [-0.3, -0.25) is 0 Å². The molecule has 2 heterocycles. The molecule has 0 spiro atoms. The smallest absolute Gasteiger partial charge is 0.231 e. The van der Waals surface area contributed by atoms with E-state index in [1.54, 1.807) is 0 Å². The Balaban J connectivity index is 1.34. The van der Waals surface area contributed by atoms with Crippen molar-refractivity contribution in [3.63, 3.8) is 0 Å². The minimum absolute atomic E-state index is 0.273. The Morgan fingerprint density at radius 2 is 1.60 bits per heavy atom. The molecule has 132 valence electrons. The number of fused-ring (bicyclic) bond motifs is 2. The van der Waals surface area contributed by atoms with Crippen LogP contribution in [0.5, 0.6) is 23.0 Å². The van der Waals surface area contributed by atoms with Crippen molar-refractivity contribution in [2.45, 2.75) is 19.1 Å². The summed E-state index contributed by atoms with van der Waals surface area (Å²) in [5.41, 5.74) is 1.89. The van der Waals surface area contributed by atoms with E-state index in [0.717, 1.165) is 34.8 Å². The zero-order valence-corrected chi connectivity index (χ0v) is 13.9. The van der Waals surface area contributed by atoms with Crippen molar-refractivity contribution in [1.82, 2.24) is 5.32 Å². The fraction of sp³-hybridized carbons (Fsp3) is 0.368. The fourth-order valence-electron chi connectivity index (χ4n) is 2.91. The van der Waals surface area contributed by atoms with E-state index < -0.39 is 6.10 Å². The van der Waals surface area contributed by atoms with Gasteiger partial charge < -0.3 is 29.4 Å². The minimum Gasteiger partial charge on any atom is -0.490 e. The Hall–Kier alpha value is -2.44. The molecule has 0 bridgehead atoms. The van der Waals surface area contributed by atoms with Crippen molar-refractivity contribution < 1.29 is 24.1 Å². The summed E-state index contributed by atoms with van der Waals surface area (Å²) in [6, 6.07) is 11.4. The molecule has 0 aromatic heterocycles. The van der Waals surface area contributed by atoms with Crippen LogP contribution in [0.2, 0.25) is 0 Å². The number of rotatable bonds is 5. The summed E-state index contributed by atoms with van der Waals surface area (Å²) >= 11 is 0. The highest BCUT2D eigenvalue weighted by molar-refractivity contribution is 5.45. The molecule has 2 aliphatic rings. The lowest BCUT2D eigenvalue weighted by Crippen LogP contribution is -2.21. The third-order valence-electron chi connectivity index (χ3n) is 4.26. The number of aliphatic hydroxyl groups is 1. The van der Waals surface area contributed by atoms with Crippen LogP contribution < -0.4 is 24.3 Å². The van der Waals surface area contributed by atoms with Crippen LogP contribution in [0.15, 0.2) is 36.4 Å². The molecule has 25 heavy (non-hydrogen) atoms. The minimum atomic E-state index is -0.619. The predicted octanol–water partition coefficient (Wildman–Crippen LogP) is 2.40. The largest absolute Gasteiger partial charge is 0.490 e. The summed E-state index contributed by atoms with van der Waals surface area (Å²) in [6.07, 6.45) is 0.245. The maximum Gasteiger partial charge on any atom is 0.231 e. The second-order valence-electron chi connectivity index (χ2n) is 6.09. The highest BCUT2D eigenvalue weighted by Gasteiger charge is 2.15. The van der Waals surface area contributed by atoms with E-state index in [2.05, 4.69) is 5.32 Å². The lowest BCUT2D eigenvalue weighted by molar-refractivity contribution is 0.173. The van der Waals surface area contributed by atoms with Gasteiger partial charge in [-0.05, 0) is 35.4 Å². The molecule has 2 aliphatic heterocycles. The van der Waals surface area contributed by atoms with Crippen molar-refractivity contribution in [2.24, 2.45) is 0 Å². The second kappa shape index (κ2) is 7.21. The summed E-state index contributed by atoms with van der Waals surface area (Å²) in [4.78, 5) is 0. The van der Waals surface area contributed by atoms with Gasteiger partial charge in [0.2, 0.25) is 6.79 Å². The van der Waals surface area contributed by atoms with Gasteiger partial charge in [0.15, 0.2) is 23.0 Å². The maximum atomic E-state index is 10.4. The Morgan fingerprint density at radius 3 is 2.52 bits per heavy atom. The van der Waals surface area contributed by atoms with Gasteiger partial charge >= 0.3 is 0 Å². The van der Waals surface area contributed by atoms with Crippen molar-refractivity contribution in [3.8, 4) is 23.0 Å². The number of benzene rings is 2. The lowest BCUT2D eigenvalue weighted by atomic mass is 10.1. The van der Waals surface area contributed by atoms with E-state index in [4.69, 9.17) is 18.9 Å². The van der Waals surface area contributed by atoms with Crippen LogP contribution in [0.3, 0.4) is 0 Å². The molecule has 2 aromatic carbocycles. The number of hydrogen-bond acceptors (Lipinski definition) is 6. The summed E-state index contributed by atoms with van der Waals surface area (Å²) in [5.74, 6) is 2.98. The highest BCUT2D eigenvalue weighted by Crippen LogP contribution is 2.33. The summed E-state index contributed by atoms with van der Waals surface area (Å²) < 4.78 is 22.0. The van der Waals surface area contributed by atoms with Crippen LogP contribution in [-0.4, -0.2) is 31.7 Å². The van der Waals surface area contributed by atoms with Crippen LogP contribution in [0.4, 0.5) is 0 Å². The molecule has 0 saturated carbocycles. The molecule has 6 nitrogen and oxygen atoms in total. The van der Waals surface area contributed by atoms with Crippen molar-refractivity contribution in [3.05, 3.63) is 47.5 Å². The number of hydrogen-bond donors (Lipinski definition) is 2. The molecule has 0 saturated heterocycles. The first-order chi connectivity index (χ1) is 12.3. The van der Waals surface area contributed by atoms with Gasteiger partial charge in [-0.2, -0.15) is 0 Å². The average Bonchev–Trinajstić information content (AvgIpc) is 2.97. The molecule has 2 N–H and O–H groups in total. The predicted molar refractivity (Wildman–Crippen MR) is 91.3 cm³/mol. The highest BCUT2D eigenvalue weighted by atomic mass is 16.7. The second-order valence-corrected chi connectivity index (χ2v) is 6.09.